The third-order valence-corrected chi connectivity index (χ3v) is 3.50. The zero-order chi connectivity index (χ0) is 12.7. The van der Waals surface area contributed by atoms with Gasteiger partial charge in [0.1, 0.15) is 5.75 Å². The molecule has 0 saturated carbocycles. The Hall–Kier alpha value is -0.630. The van der Waals surface area contributed by atoms with E-state index in [2.05, 4.69) is 57.7 Å². The van der Waals surface area contributed by atoms with Crippen LogP contribution in [0.25, 0.3) is 0 Å². The van der Waals surface area contributed by atoms with Crippen molar-refractivity contribution in [3.05, 3.63) is 29.8 Å². The normalized spacial score (nSPS) is 12.8. The molecule has 0 fully saturated rings. The highest BCUT2D eigenvalue weighted by atomic mass is 32.1. The number of ether oxygens (including phenoxy) is 1. The van der Waals surface area contributed by atoms with Crippen molar-refractivity contribution in [2.75, 3.05) is 12.4 Å². The molecule has 1 aromatic carbocycles. The predicted octanol–water partition coefficient (Wildman–Crippen LogP) is 4.53. The standard InChI is InChI=1S/C15H24OS/c1-4-5-13(11-17)10-16-15-8-6-14(7-9-15)12(2)3/h6-9,12-13,17H,4-5,10-11H2,1-3H3. The van der Waals surface area contributed by atoms with Crippen LogP contribution in [0.2, 0.25) is 0 Å². The highest BCUT2D eigenvalue weighted by Crippen LogP contribution is 2.19. The molecule has 0 aliphatic carbocycles. The minimum Gasteiger partial charge on any atom is -0.493 e. The van der Waals surface area contributed by atoms with Crippen molar-refractivity contribution in [3.63, 3.8) is 0 Å². The first-order valence-electron chi connectivity index (χ1n) is 6.51. The first-order valence-corrected chi connectivity index (χ1v) is 7.14. The van der Waals surface area contributed by atoms with Gasteiger partial charge in [0.25, 0.3) is 0 Å². The van der Waals surface area contributed by atoms with E-state index in [4.69, 9.17) is 4.74 Å². The Balaban J connectivity index is 2.46. The van der Waals surface area contributed by atoms with E-state index in [0.717, 1.165) is 18.1 Å². The van der Waals surface area contributed by atoms with Gasteiger partial charge < -0.3 is 4.74 Å². The van der Waals surface area contributed by atoms with Crippen molar-refractivity contribution in [3.8, 4) is 5.75 Å². The molecule has 2 heteroatoms. The first-order chi connectivity index (χ1) is 8.17. The van der Waals surface area contributed by atoms with Crippen molar-refractivity contribution in [2.45, 2.75) is 39.5 Å². The van der Waals surface area contributed by atoms with E-state index in [1.165, 1.54) is 18.4 Å². The fourth-order valence-corrected chi connectivity index (χ4v) is 2.09. The van der Waals surface area contributed by atoms with E-state index < -0.39 is 0 Å². The highest BCUT2D eigenvalue weighted by Gasteiger charge is 2.06. The summed E-state index contributed by atoms with van der Waals surface area (Å²) < 4.78 is 5.80. The highest BCUT2D eigenvalue weighted by molar-refractivity contribution is 7.80. The van der Waals surface area contributed by atoms with Crippen LogP contribution in [0.4, 0.5) is 0 Å². The molecule has 0 spiro atoms. The van der Waals surface area contributed by atoms with Gasteiger partial charge in [0.15, 0.2) is 0 Å². The lowest BCUT2D eigenvalue weighted by Gasteiger charge is -2.15. The largest absolute Gasteiger partial charge is 0.493 e. The zero-order valence-corrected chi connectivity index (χ0v) is 12.0. The molecule has 0 aliphatic rings. The van der Waals surface area contributed by atoms with E-state index in [1.807, 2.05) is 0 Å². The molecule has 1 atom stereocenters. The van der Waals surface area contributed by atoms with Crippen LogP contribution < -0.4 is 4.74 Å². The molecule has 0 N–H and O–H groups in total. The molecular weight excluding hydrogens is 228 g/mol. The summed E-state index contributed by atoms with van der Waals surface area (Å²) >= 11 is 4.36. The molecule has 0 amide bonds. The summed E-state index contributed by atoms with van der Waals surface area (Å²) in [7, 11) is 0. The summed E-state index contributed by atoms with van der Waals surface area (Å²) in [6, 6.07) is 8.43. The molecule has 0 aromatic heterocycles. The summed E-state index contributed by atoms with van der Waals surface area (Å²) in [5, 5.41) is 0. The van der Waals surface area contributed by atoms with E-state index >= 15 is 0 Å². The predicted molar refractivity (Wildman–Crippen MR) is 78.3 cm³/mol. The minimum absolute atomic E-state index is 0.563. The van der Waals surface area contributed by atoms with Gasteiger partial charge in [-0.05, 0) is 35.8 Å². The summed E-state index contributed by atoms with van der Waals surface area (Å²) in [5.74, 6) is 3.01. The smallest absolute Gasteiger partial charge is 0.119 e. The second kappa shape index (κ2) is 7.65. The van der Waals surface area contributed by atoms with Crippen LogP contribution >= 0.6 is 12.6 Å². The quantitative estimate of drug-likeness (QED) is 0.701. The Bertz CT molecular complexity index is 305. The van der Waals surface area contributed by atoms with Gasteiger partial charge in [0, 0.05) is 5.92 Å². The molecule has 0 aliphatic heterocycles. The lowest BCUT2D eigenvalue weighted by atomic mass is 10.0. The summed E-state index contributed by atoms with van der Waals surface area (Å²) in [6.45, 7) is 7.38. The lowest BCUT2D eigenvalue weighted by molar-refractivity contribution is 0.254. The first kappa shape index (κ1) is 14.4. The van der Waals surface area contributed by atoms with Crippen LogP contribution in [0.1, 0.15) is 45.1 Å². The van der Waals surface area contributed by atoms with Gasteiger partial charge in [-0.25, -0.2) is 0 Å². The number of thiol groups is 1. The van der Waals surface area contributed by atoms with Crippen LogP contribution in [-0.2, 0) is 0 Å². The van der Waals surface area contributed by atoms with Crippen LogP contribution in [0.5, 0.6) is 5.75 Å². The SMILES string of the molecule is CCCC(CS)COc1ccc(C(C)C)cc1. The van der Waals surface area contributed by atoms with Crippen molar-refractivity contribution in [2.24, 2.45) is 5.92 Å². The molecular formula is C15H24OS. The summed E-state index contributed by atoms with van der Waals surface area (Å²) in [4.78, 5) is 0. The second-order valence-corrected chi connectivity index (χ2v) is 5.24. The molecule has 1 aromatic rings. The lowest BCUT2D eigenvalue weighted by Crippen LogP contribution is -2.13. The maximum Gasteiger partial charge on any atom is 0.119 e. The van der Waals surface area contributed by atoms with Crippen molar-refractivity contribution >= 4 is 12.6 Å². The van der Waals surface area contributed by atoms with Gasteiger partial charge in [-0.2, -0.15) is 12.6 Å². The van der Waals surface area contributed by atoms with Crippen LogP contribution in [0.3, 0.4) is 0 Å². The Morgan fingerprint density at radius 1 is 1.18 bits per heavy atom. The van der Waals surface area contributed by atoms with Crippen molar-refractivity contribution in [1.29, 1.82) is 0 Å². The average Bonchev–Trinajstić information content (AvgIpc) is 2.35. The van der Waals surface area contributed by atoms with Gasteiger partial charge in [0.05, 0.1) is 6.61 Å². The number of hydrogen-bond donors (Lipinski definition) is 1. The number of benzene rings is 1. The number of hydrogen-bond acceptors (Lipinski definition) is 2. The Labute approximate surface area is 111 Å². The third kappa shape index (κ3) is 5.03. The second-order valence-electron chi connectivity index (χ2n) is 4.87. The zero-order valence-electron chi connectivity index (χ0n) is 11.1. The van der Waals surface area contributed by atoms with E-state index in [0.29, 0.717) is 11.8 Å². The van der Waals surface area contributed by atoms with Crippen molar-refractivity contribution < 1.29 is 4.74 Å². The average molecular weight is 252 g/mol. The molecule has 1 rings (SSSR count). The van der Waals surface area contributed by atoms with Gasteiger partial charge in [-0.15, -0.1) is 0 Å². The maximum atomic E-state index is 5.80. The summed E-state index contributed by atoms with van der Waals surface area (Å²) in [6.07, 6.45) is 2.38. The molecule has 17 heavy (non-hydrogen) atoms. The van der Waals surface area contributed by atoms with E-state index in [1.54, 1.807) is 0 Å². The van der Waals surface area contributed by atoms with Crippen molar-refractivity contribution in [1.82, 2.24) is 0 Å². The molecule has 0 bridgehead atoms. The van der Waals surface area contributed by atoms with Crippen LogP contribution in [0.15, 0.2) is 24.3 Å². The Morgan fingerprint density at radius 2 is 1.82 bits per heavy atom. The third-order valence-electron chi connectivity index (χ3n) is 2.99. The van der Waals surface area contributed by atoms with E-state index in [-0.39, 0.29) is 0 Å². The topological polar surface area (TPSA) is 9.23 Å². The Morgan fingerprint density at radius 3 is 2.29 bits per heavy atom. The molecule has 0 saturated heterocycles. The van der Waals surface area contributed by atoms with Crippen LogP contribution in [0, 0.1) is 5.92 Å². The molecule has 0 heterocycles. The fourth-order valence-electron chi connectivity index (χ4n) is 1.80. The molecule has 1 nitrogen and oxygen atoms in total. The fraction of sp³-hybridized carbons (Fsp3) is 0.600. The molecule has 1 unspecified atom stereocenters. The molecule has 96 valence electrons. The summed E-state index contributed by atoms with van der Waals surface area (Å²) in [5.41, 5.74) is 1.36. The van der Waals surface area contributed by atoms with Gasteiger partial charge in [-0.3, -0.25) is 0 Å². The number of rotatable bonds is 7. The monoisotopic (exact) mass is 252 g/mol. The van der Waals surface area contributed by atoms with Gasteiger partial charge >= 0.3 is 0 Å². The minimum atomic E-state index is 0.563. The van der Waals surface area contributed by atoms with Gasteiger partial charge in [0.2, 0.25) is 0 Å². The molecule has 0 radical (unpaired) electrons. The van der Waals surface area contributed by atoms with Gasteiger partial charge in [-0.1, -0.05) is 39.3 Å². The van der Waals surface area contributed by atoms with Crippen LogP contribution in [-0.4, -0.2) is 12.4 Å². The van der Waals surface area contributed by atoms with E-state index in [9.17, 15) is 0 Å². The Kier molecular flexibility index (Phi) is 6.49. The maximum absolute atomic E-state index is 5.80.